The van der Waals surface area contributed by atoms with Crippen LogP contribution in [-0.2, 0) is 5.41 Å². The van der Waals surface area contributed by atoms with E-state index in [4.69, 9.17) is 10.1 Å². The van der Waals surface area contributed by atoms with Crippen LogP contribution in [0.15, 0.2) is 79.0 Å². The Labute approximate surface area is 177 Å². The van der Waals surface area contributed by atoms with E-state index in [1.807, 2.05) is 12.3 Å². The summed E-state index contributed by atoms with van der Waals surface area (Å²) in [5.74, 6) is 0. The summed E-state index contributed by atoms with van der Waals surface area (Å²) in [5, 5.41) is 7.26. The van der Waals surface area contributed by atoms with Crippen LogP contribution in [0.4, 0.5) is 0 Å². The second-order valence-corrected chi connectivity index (χ2v) is 8.96. The maximum Gasteiger partial charge on any atom is 0.102 e. The molecule has 3 heteroatoms. The molecule has 0 amide bonds. The van der Waals surface area contributed by atoms with E-state index in [9.17, 15) is 0 Å². The summed E-state index contributed by atoms with van der Waals surface area (Å²) in [4.78, 5) is 4.71. The molecule has 3 nitrogen and oxygen atoms in total. The van der Waals surface area contributed by atoms with E-state index in [-0.39, 0.29) is 5.41 Å². The molecule has 0 radical (unpaired) electrons. The Morgan fingerprint density at radius 2 is 1.47 bits per heavy atom. The topological polar surface area (TPSA) is 30.7 Å². The van der Waals surface area contributed by atoms with Crippen LogP contribution >= 0.6 is 0 Å². The molecule has 2 aromatic heterocycles. The van der Waals surface area contributed by atoms with Crippen molar-refractivity contribution in [3.63, 3.8) is 0 Å². The lowest BCUT2D eigenvalue weighted by Crippen LogP contribution is -2.11. The van der Waals surface area contributed by atoms with E-state index in [1.165, 1.54) is 11.1 Å². The van der Waals surface area contributed by atoms with E-state index < -0.39 is 0 Å². The van der Waals surface area contributed by atoms with Gasteiger partial charge in [0.2, 0.25) is 0 Å². The van der Waals surface area contributed by atoms with Crippen LogP contribution in [0, 0.1) is 6.92 Å². The molecule has 0 aliphatic carbocycles. The Bertz CT molecular complexity index is 1350. The molecule has 5 rings (SSSR count). The highest BCUT2D eigenvalue weighted by Crippen LogP contribution is 2.34. The largest absolute Gasteiger partial charge is 0.255 e. The Kier molecular flexibility index (Phi) is 4.21. The molecular formula is C27H25N3. The van der Waals surface area contributed by atoms with Gasteiger partial charge < -0.3 is 0 Å². The Morgan fingerprint density at radius 3 is 2.17 bits per heavy atom. The Hall–Kier alpha value is -3.46. The van der Waals surface area contributed by atoms with Gasteiger partial charge in [0.25, 0.3) is 0 Å². The van der Waals surface area contributed by atoms with Crippen molar-refractivity contribution in [2.24, 2.45) is 0 Å². The molecule has 3 aromatic carbocycles. The van der Waals surface area contributed by atoms with Crippen LogP contribution in [0.2, 0.25) is 0 Å². The lowest BCUT2D eigenvalue weighted by atomic mass is 9.87. The second-order valence-electron chi connectivity index (χ2n) is 8.96. The highest BCUT2D eigenvalue weighted by atomic mass is 15.3. The fourth-order valence-corrected chi connectivity index (χ4v) is 3.95. The van der Waals surface area contributed by atoms with Gasteiger partial charge in [-0.05, 0) is 36.1 Å². The van der Waals surface area contributed by atoms with Crippen molar-refractivity contribution in [3.05, 3.63) is 90.1 Å². The SMILES string of the molecule is Cc1ccc(-c2nn(-c3ccc(C(C)(C)C)cc3)c3c2cnc2ccccc23)cc1. The van der Waals surface area contributed by atoms with Gasteiger partial charge in [0.05, 0.1) is 16.7 Å². The van der Waals surface area contributed by atoms with Crippen molar-refractivity contribution >= 4 is 21.8 Å². The molecule has 0 bridgehead atoms. The van der Waals surface area contributed by atoms with E-state index >= 15 is 0 Å². The van der Waals surface area contributed by atoms with Crippen molar-refractivity contribution in [1.82, 2.24) is 14.8 Å². The summed E-state index contributed by atoms with van der Waals surface area (Å²) in [6.07, 6.45) is 1.96. The van der Waals surface area contributed by atoms with Crippen LogP contribution in [0.25, 0.3) is 38.8 Å². The minimum atomic E-state index is 0.119. The van der Waals surface area contributed by atoms with Gasteiger partial charge in [-0.1, -0.05) is 80.9 Å². The number of benzene rings is 3. The van der Waals surface area contributed by atoms with Crippen LogP contribution < -0.4 is 0 Å². The van der Waals surface area contributed by atoms with E-state index in [2.05, 4.69) is 99.1 Å². The van der Waals surface area contributed by atoms with Crippen LogP contribution in [0.5, 0.6) is 0 Å². The van der Waals surface area contributed by atoms with Crippen LogP contribution in [-0.4, -0.2) is 14.8 Å². The molecule has 5 aromatic rings. The quantitative estimate of drug-likeness (QED) is 0.329. The number of pyridine rings is 1. The number of aromatic nitrogens is 3. The molecule has 0 aliphatic rings. The number of aryl methyl sites for hydroxylation is 1. The number of hydrogen-bond donors (Lipinski definition) is 0. The van der Waals surface area contributed by atoms with Gasteiger partial charge >= 0.3 is 0 Å². The van der Waals surface area contributed by atoms with Crippen molar-refractivity contribution in [2.45, 2.75) is 33.1 Å². The Balaban J connectivity index is 1.80. The number of nitrogens with zero attached hydrogens (tertiary/aromatic N) is 3. The first-order valence-electron chi connectivity index (χ1n) is 10.4. The van der Waals surface area contributed by atoms with Crippen molar-refractivity contribution in [3.8, 4) is 16.9 Å². The van der Waals surface area contributed by atoms with Gasteiger partial charge in [-0.3, -0.25) is 4.98 Å². The molecule has 0 saturated carbocycles. The van der Waals surface area contributed by atoms with Gasteiger partial charge in [0, 0.05) is 22.5 Å². The third-order valence-electron chi connectivity index (χ3n) is 5.72. The lowest BCUT2D eigenvalue weighted by Gasteiger charge is -2.19. The molecular weight excluding hydrogens is 366 g/mol. The minimum Gasteiger partial charge on any atom is -0.255 e. The van der Waals surface area contributed by atoms with E-state index in [0.29, 0.717) is 0 Å². The number of hydrogen-bond acceptors (Lipinski definition) is 2. The van der Waals surface area contributed by atoms with Gasteiger partial charge in [-0.15, -0.1) is 0 Å². The van der Waals surface area contributed by atoms with Gasteiger partial charge in [-0.25, -0.2) is 4.68 Å². The van der Waals surface area contributed by atoms with Gasteiger partial charge in [0.1, 0.15) is 5.69 Å². The average Bonchev–Trinajstić information content (AvgIpc) is 3.14. The average molecular weight is 392 g/mol. The van der Waals surface area contributed by atoms with Gasteiger partial charge in [0.15, 0.2) is 0 Å². The van der Waals surface area contributed by atoms with Crippen LogP contribution in [0.1, 0.15) is 31.9 Å². The molecule has 30 heavy (non-hydrogen) atoms. The lowest BCUT2D eigenvalue weighted by molar-refractivity contribution is 0.590. The summed E-state index contributed by atoms with van der Waals surface area (Å²) in [7, 11) is 0. The first-order chi connectivity index (χ1) is 14.4. The van der Waals surface area contributed by atoms with Gasteiger partial charge in [-0.2, -0.15) is 5.10 Å². The highest BCUT2D eigenvalue weighted by Gasteiger charge is 2.18. The zero-order valence-corrected chi connectivity index (χ0v) is 17.8. The summed E-state index contributed by atoms with van der Waals surface area (Å²) in [6, 6.07) is 25.6. The fraction of sp³-hybridized carbons (Fsp3) is 0.185. The summed E-state index contributed by atoms with van der Waals surface area (Å²) in [6.45, 7) is 8.81. The normalized spacial score (nSPS) is 12.0. The molecule has 0 unspecified atom stereocenters. The minimum absolute atomic E-state index is 0.119. The molecule has 0 fully saturated rings. The molecule has 0 saturated heterocycles. The standard InChI is InChI=1S/C27H25N3/c1-18-9-11-19(12-10-18)25-23-17-28-24-8-6-5-7-22(24)26(23)30(29-25)21-15-13-20(14-16-21)27(2,3)4/h5-17H,1-4H3. The van der Waals surface area contributed by atoms with Crippen molar-refractivity contribution < 1.29 is 0 Å². The third-order valence-corrected chi connectivity index (χ3v) is 5.72. The van der Waals surface area contributed by atoms with Crippen molar-refractivity contribution in [2.75, 3.05) is 0 Å². The fourth-order valence-electron chi connectivity index (χ4n) is 3.95. The number of fused-ring (bicyclic) bond motifs is 3. The van der Waals surface area contributed by atoms with E-state index in [1.54, 1.807) is 0 Å². The molecule has 0 N–H and O–H groups in total. The summed E-state index contributed by atoms with van der Waals surface area (Å²) in [5.41, 5.74) is 7.87. The molecule has 0 spiro atoms. The predicted octanol–water partition coefficient (Wildman–Crippen LogP) is 6.85. The van der Waals surface area contributed by atoms with Crippen molar-refractivity contribution in [1.29, 1.82) is 0 Å². The molecule has 0 atom stereocenters. The zero-order valence-electron chi connectivity index (χ0n) is 17.8. The Morgan fingerprint density at radius 1 is 0.767 bits per heavy atom. The predicted molar refractivity (Wildman–Crippen MR) is 125 cm³/mol. The first kappa shape index (κ1) is 18.6. The smallest absolute Gasteiger partial charge is 0.102 e. The summed E-state index contributed by atoms with van der Waals surface area (Å²) >= 11 is 0. The second kappa shape index (κ2) is 6.81. The van der Waals surface area contributed by atoms with Crippen LogP contribution in [0.3, 0.4) is 0 Å². The number of para-hydroxylation sites is 1. The third kappa shape index (κ3) is 3.07. The monoisotopic (exact) mass is 391 g/mol. The maximum atomic E-state index is 5.08. The highest BCUT2D eigenvalue weighted by molar-refractivity contribution is 6.08. The summed E-state index contributed by atoms with van der Waals surface area (Å²) < 4.78 is 2.07. The molecule has 0 aliphatic heterocycles. The van der Waals surface area contributed by atoms with E-state index in [0.717, 1.165) is 38.8 Å². The number of rotatable bonds is 2. The maximum absolute atomic E-state index is 5.08. The molecule has 148 valence electrons. The first-order valence-corrected chi connectivity index (χ1v) is 10.4. The zero-order chi connectivity index (χ0) is 20.9. The molecule has 2 heterocycles.